The molecule has 2 aromatic carbocycles. The van der Waals surface area contributed by atoms with Gasteiger partial charge in [0.05, 0.1) is 14.2 Å². The molecule has 0 atom stereocenters. The van der Waals surface area contributed by atoms with Gasteiger partial charge in [-0.2, -0.15) is 0 Å². The summed E-state index contributed by atoms with van der Waals surface area (Å²) in [4.78, 5) is 0. The number of hydrogen-bond acceptors (Lipinski definition) is 5. The monoisotopic (exact) mass is 288 g/mol. The van der Waals surface area contributed by atoms with Gasteiger partial charge in [0.25, 0.3) is 0 Å². The SMILES string of the molecule is COc1cc(-c2cc3c(cc2O)OCO3)c(OC)cc1C. The highest BCUT2D eigenvalue weighted by Crippen LogP contribution is 2.45. The Kier molecular flexibility index (Phi) is 3.25. The van der Waals surface area contributed by atoms with Crippen LogP contribution in [0.5, 0.6) is 28.7 Å². The van der Waals surface area contributed by atoms with Gasteiger partial charge in [-0.25, -0.2) is 0 Å². The van der Waals surface area contributed by atoms with Crippen LogP contribution < -0.4 is 18.9 Å². The highest BCUT2D eigenvalue weighted by atomic mass is 16.7. The van der Waals surface area contributed by atoms with Gasteiger partial charge >= 0.3 is 0 Å². The average Bonchev–Trinajstić information content (AvgIpc) is 2.93. The third-order valence-electron chi connectivity index (χ3n) is 3.50. The number of aryl methyl sites for hydroxylation is 1. The standard InChI is InChI=1S/C16H16O5/c1-9-4-14(19-3)11(6-13(9)18-2)10-5-15-16(7-12(10)17)21-8-20-15/h4-7,17H,8H2,1-3H3. The maximum atomic E-state index is 10.2. The minimum absolute atomic E-state index is 0.100. The molecule has 0 radical (unpaired) electrons. The van der Waals surface area contributed by atoms with Gasteiger partial charge in [-0.3, -0.25) is 0 Å². The van der Waals surface area contributed by atoms with E-state index in [1.807, 2.05) is 19.1 Å². The van der Waals surface area contributed by atoms with Gasteiger partial charge in [-0.15, -0.1) is 0 Å². The molecular formula is C16H16O5. The van der Waals surface area contributed by atoms with Crippen LogP contribution in [0.1, 0.15) is 5.56 Å². The zero-order valence-electron chi connectivity index (χ0n) is 12.1. The molecule has 0 spiro atoms. The van der Waals surface area contributed by atoms with E-state index in [9.17, 15) is 5.11 Å². The molecule has 1 aliphatic rings. The molecule has 0 amide bonds. The van der Waals surface area contributed by atoms with Crippen LogP contribution in [0.15, 0.2) is 24.3 Å². The summed E-state index contributed by atoms with van der Waals surface area (Å²) in [6.45, 7) is 2.09. The Balaban J connectivity index is 2.20. The summed E-state index contributed by atoms with van der Waals surface area (Å²) in [6.07, 6.45) is 0. The van der Waals surface area contributed by atoms with Gasteiger partial charge in [-0.1, -0.05) is 0 Å². The zero-order valence-corrected chi connectivity index (χ0v) is 12.1. The summed E-state index contributed by atoms with van der Waals surface area (Å²) >= 11 is 0. The van der Waals surface area contributed by atoms with Crippen molar-refractivity contribution in [2.24, 2.45) is 0 Å². The molecule has 0 unspecified atom stereocenters. The number of aromatic hydroxyl groups is 1. The molecule has 5 nitrogen and oxygen atoms in total. The van der Waals surface area contributed by atoms with Gasteiger partial charge in [0.1, 0.15) is 17.2 Å². The van der Waals surface area contributed by atoms with Gasteiger partial charge in [0, 0.05) is 17.2 Å². The molecule has 0 bridgehead atoms. The maximum absolute atomic E-state index is 10.2. The van der Waals surface area contributed by atoms with E-state index in [4.69, 9.17) is 18.9 Å². The molecule has 0 aliphatic carbocycles. The molecule has 1 heterocycles. The lowest BCUT2D eigenvalue weighted by Crippen LogP contribution is -1.94. The van der Waals surface area contributed by atoms with Crippen molar-refractivity contribution in [2.75, 3.05) is 21.0 Å². The summed E-state index contributed by atoms with van der Waals surface area (Å²) < 4.78 is 21.4. The second-order valence-electron chi connectivity index (χ2n) is 4.74. The fraction of sp³-hybridized carbons (Fsp3) is 0.250. The van der Waals surface area contributed by atoms with Crippen LogP contribution in [0.4, 0.5) is 0 Å². The fourth-order valence-electron chi connectivity index (χ4n) is 2.41. The summed E-state index contributed by atoms with van der Waals surface area (Å²) in [6, 6.07) is 7.00. The van der Waals surface area contributed by atoms with Crippen LogP contribution in [0.3, 0.4) is 0 Å². The molecule has 0 saturated carbocycles. The summed E-state index contributed by atoms with van der Waals surface area (Å²) in [7, 11) is 3.20. The van der Waals surface area contributed by atoms with Crippen LogP contribution in [-0.4, -0.2) is 26.1 Å². The Labute approximate surface area is 122 Å². The molecule has 0 fully saturated rings. The Bertz CT molecular complexity index is 694. The van der Waals surface area contributed by atoms with Gasteiger partial charge in [0.2, 0.25) is 6.79 Å². The van der Waals surface area contributed by atoms with Crippen molar-refractivity contribution in [3.63, 3.8) is 0 Å². The van der Waals surface area contributed by atoms with Crippen molar-refractivity contribution < 1.29 is 24.1 Å². The Hall–Kier alpha value is -2.56. The van der Waals surface area contributed by atoms with Crippen LogP contribution in [-0.2, 0) is 0 Å². The Morgan fingerprint density at radius 1 is 0.905 bits per heavy atom. The summed E-state index contributed by atoms with van der Waals surface area (Å²) in [5.74, 6) is 2.62. The molecule has 0 saturated heterocycles. The smallest absolute Gasteiger partial charge is 0.231 e. The van der Waals surface area contributed by atoms with Crippen LogP contribution in [0.25, 0.3) is 11.1 Å². The minimum Gasteiger partial charge on any atom is -0.507 e. The second-order valence-corrected chi connectivity index (χ2v) is 4.74. The number of phenolic OH excluding ortho intramolecular Hbond substituents is 1. The predicted molar refractivity (Wildman–Crippen MR) is 77.5 cm³/mol. The van der Waals surface area contributed by atoms with E-state index in [1.165, 1.54) is 0 Å². The van der Waals surface area contributed by atoms with Crippen LogP contribution >= 0.6 is 0 Å². The molecule has 2 aromatic rings. The lowest BCUT2D eigenvalue weighted by molar-refractivity contribution is 0.174. The van der Waals surface area contributed by atoms with Gasteiger partial charge < -0.3 is 24.1 Å². The van der Waals surface area contributed by atoms with E-state index in [-0.39, 0.29) is 12.5 Å². The van der Waals surface area contributed by atoms with Crippen molar-refractivity contribution in [3.05, 3.63) is 29.8 Å². The second kappa shape index (κ2) is 5.09. The number of phenols is 1. The lowest BCUT2D eigenvalue weighted by Gasteiger charge is -2.14. The first-order valence-electron chi connectivity index (χ1n) is 6.49. The Morgan fingerprint density at radius 2 is 1.57 bits per heavy atom. The van der Waals surface area contributed by atoms with Crippen molar-refractivity contribution >= 4 is 0 Å². The molecule has 21 heavy (non-hydrogen) atoms. The largest absolute Gasteiger partial charge is 0.507 e. The van der Waals surface area contributed by atoms with Crippen molar-refractivity contribution in [3.8, 4) is 39.9 Å². The number of fused-ring (bicyclic) bond motifs is 1. The maximum Gasteiger partial charge on any atom is 0.231 e. The van der Waals surface area contributed by atoms with E-state index in [2.05, 4.69) is 0 Å². The van der Waals surface area contributed by atoms with E-state index in [0.717, 1.165) is 16.9 Å². The van der Waals surface area contributed by atoms with Crippen molar-refractivity contribution in [1.29, 1.82) is 0 Å². The topological polar surface area (TPSA) is 57.2 Å². The minimum atomic E-state index is 0.100. The molecular weight excluding hydrogens is 272 g/mol. The van der Waals surface area contributed by atoms with Gasteiger partial charge in [0.15, 0.2) is 11.5 Å². The molecule has 110 valence electrons. The number of rotatable bonds is 3. The predicted octanol–water partition coefficient (Wildman–Crippen LogP) is 3.11. The number of ether oxygens (including phenoxy) is 4. The quantitative estimate of drug-likeness (QED) is 0.940. The van der Waals surface area contributed by atoms with Gasteiger partial charge in [-0.05, 0) is 30.7 Å². The first-order valence-corrected chi connectivity index (χ1v) is 6.49. The third-order valence-corrected chi connectivity index (χ3v) is 3.50. The number of methoxy groups -OCH3 is 2. The first kappa shape index (κ1) is 13.4. The van der Waals surface area contributed by atoms with Crippen molar-refractivity contribution in [1.82, 2.24) is 0 Å². The normalized spacial score (nSPS) is 12.3. The number of hydrogen-bond donors (Lipinski definition) is 1. The fourth-order valence-corrected chi connectivity index (χ4v) is 2.41. The van der Waals surface area contributed by atoms with E-state index < -0.39 is 0 Å². The van der Waals surface area contributed by atoms with Crippen LogP contribution in [0, 0.1) is 6.92 Å². The summed E-state index contributed by atoms with van der Waals surface area (Å²) in [5, 5.41) is 10.2. The van der Waals surface area contributed by atoms with E-state index in [0.29, 0.717) is 22.8 Å². The number of benzene rings is 2. The highest BCUT2D eigenvalue weighted by molar-refractivity contribution is 5.80. The first-order chi connectivity index (χ1) is 10.1. The highest BCUT2D eigenvalue weighted by Gasteiger charge is 2.20. The molecule has 1 aliphatic heterocycles. The Morgan fingerprint density at radius 3 is 2.24 bits per heavy atom. The lowest BCUT2D eigenvalue weighted by atomic mass is 10.0. The molecule has 3 rings (SSSR count). The third kappa shape index (κ3) is 2.20. The van der Waals surface area contributed by atoms with Crippen LogP contribution in [0.2, 0.25) is 0 Å². The zero-order chi connectivity index (χ0) is 15.0. The van der Waals surface area contributed by atoms with E-state index in [1.54, 1.807) is 26.4 Å². The molecule has 5 heteroatoms. The van der Waals surface area contributed by atoms with E-state index >= 15 is 0 Å². The average molecular weight is 288 g/mol. The molecule has 1 N–H and O–H groups in total. The summed E-state index contributed by atoms with van der Waals surface area (Å²) in [5.41, 5.74) is 2.29. The van der Waals surface area contributed by atoms with Crippen molar-refractivity contribution in [2.45, 2.75) is 6.92 Å². The molecule has 0 aromatic heterocycles.